The number of carboxylic acids is 1. The first kappa shape index (κ1) is 40.5. The lowest BCUT2D eigenvalue weighted by Gasteiger charge is -2.71. The van der Waals surface area contributed by atoms with Crippen molar-refractivity contribution in [3.63, 3.8) is 0 Å². The van der Waals surface area contributed by atoms with Crippen LogP contribution in [0.15, 0.2) is 35.4 Å². The lowest BCUT2D eigenvalue weighted by atomic mass is 9.33. The van der Waals surface area contributed by atoms with E-state index >= 15 is 0 Å². The molecule has 10 atom stereocenters. The number of ketones is 1. The summed E-state index contributed by atoms with van der Waals surface area (Å²) in [5, 5.41) is 10.3. The van der Waals surface area contributed by atoms with Crippen LogP contribution in [0.3, 0.4) is 0 Å². The number of hydrogen-bond acceptors (Lipinski definition) is 6. The van der Waals surface area contributed by atoms with Gasteiger partial charge in [-0.05, 0) is 134 Å². The highest BCUT2D eigenvalue weighted by Gasteiger charge is 2.69. The number of halogens is 1. The Bertz CT molecular complexity index is 1760. The van der Waals surface area contributed by atoms with Crippen LogP contribution < -0.4 is 0 Å². The summed E-state index contributed by atoms with van der Waals surface area (Å²) >= 11 is 6.14. The van der Waals surface area contributed by atoms with Crippen LogP contribution in [-0.4, -0.2) is 59.0 Å². The number of carboxylic acid groups (broad SMARTS) is 1. The third-order valence-corrected chi connectivity index (χ3v) is 17.0. The van der Waals surface area contributed by atoms with Crippen molar-refractivity contribution in [2.24, 2.45) is 62.6 Å². The molecule has 6 aliphatic rings. The van der Waals surface area contributed by atoms with Crippen LogP contribution in [0, 0.1) is 62.6 Å². The lowest BCUT2D eigenvalue weighted by Crippen LogP contribution is -2.65. The summed E-state index contributed by atoms with van der Waals surface area (Å²) < 4.78 is 12.5. The van der Waals surface area contributed by atoms with Gasteiger partial charge >= 0.3 is 11.9 Å². The van der Waals surface area contributed by atoms with Crippen molar-refractivity contribution in [3.8, 4) is 0 Å². The van der Waals surface area contributed by atoms with Crippen molar-refractivity contribution in [2.45, 2.75) is 139 Å². The van der Waals surface area contributed by atoms with Crippen molar-refractivity contribution in [1.29, 1.82) is 0 Å². The Labute approximate surface area is 333 Å². The lowest BCUT2D eigenvalue weighted by molar-refractivity contribution is -0.232. The van der Waals surface area contributed by atoms with Gasteiger partial charge in [-0.2, -0.15) is 0 Å². The Hall–Kier alpha value is -2.71. The minimum Gasteiger partial charge on any atom is -0.481 e. The summed E-state index contributed by atoms with van der Waals surface area (Å²) in [5.74, 6) is -0.0121. The van der Waals surface area contributed by atoms with Crippen molar-refractivity contribution in [2.75, 3.05) is 13.2 Å². The van der Waals surface area contributed by atoms with E-state index in [9.17, 15) is 24.3 Å². The van der Waals surface area contributed by atoms with Crippen molar-refractivity contribution in [1.82, 2.24) is 4.90 Å². The number of esters is 1. The number of fused-ring (bicyclic) bond motifs is 7. The number of carbonyl (C=O) groups excluding carboxylic acids is 3. The monoisotopic (exact) mass is 777 g/mol. The highest BCUT2D eigenvalue weighted by atomic mass is 35.5. The number of allylic oxidation sites excluding steroid dienone is 2. The second-order valence-electron chi connectivity index (χ2n) is 20.6. The fourth-order valence-electron chi connectivity index (χ4n) is 13.7. The first-order chi connectivity index (χ1) is 25.7. The molecule has 9 heteroatoms. The summed E-state index contributed by atoms with van der Waals surface area (Å²) in [6.45, 7) is 20.6. The zero-order valence-corrected chi connectivity index (χ0v) is 35.4. The van der Waals surface area contributed by atoms with Crippen LogP contribution in [0.2, 0.25) is 5.02 Å². The summed E-state index contributed by atoms with van der Waals surface area (Å²) in [6, 6.07) is 7.61. The van der Waals surface area contributed by atoms with E-state index in [1.807, 2.05) is 29.2 Å². The molecule has 5 fully saturated rings. The van der Waals surface area contributed by atoms with Gasteiger partial charge in [-0.25, -0.2) is 0 Å². The molecule has 1 aliphatic heterocycles. The Morgan fingerprint density at radius 2 is 1.62 bits per heavy atom. The maximum absolute atomic E-state index is 14.7. The van der Waals surface area contributed by atoms with E-state index in [4.69, 9.17) is 21.1 Å². The normalized spacial score (nSPS) is 38.6. The molecule has 7 rings (SSSR count). The van der Waals surface area contributed by atoms with Crippen LogP contribution in [-0.2, 0) is 35.2 Å². The molecule has 1 amide bonds. The highest BCUT2D eigenvalue weighted by molar-refractivity contribution is 6.30. The zero-order chi connectivity index (χ0) is 40.0. The molecule has 1 unspecified atom stereocenters. The predicted octanol–water partition coefficient (Wildman–Crippen LogP) is 9.32. The van der Waals surface area contributed by atoms with Gasteiger partial charge in [-0.15, -0.1) is 0 Å². The second-order valence-corrected chi connectivity index (χ2v) is 21.1. The maximum Gasteiger partial charge on any atom is 0.309 e. The van der Waals surface area contributed by atoms with Crippen molar-refractivity contribution < 1.29 is 33.8 Å². The number of benzene rings is 1. The molecule has 5 aliphatic carbocycles. The Kier molecular flexibility index (Phi) is 10.3. The number of carbonyl (C=O) groups is 4. The third kappa shape index (κ3) is 6.42. The van der Waals surface area contributed by atoms with Gasteiger partial charge in [-0.1, -0.05) is 77.8 Å². The molecule has 4 saturated carbocycles. The molecule has 55 heavy (non-hydrogen) atoms. The minimum absolute atomic E-state index is 0.00152. The van der Waals surface area contributed by atoms with Gasteiger partial charge in [-0.3, -0.25) is 19.2 Å². The fourth-order valence-corrected chi connectivity index (χ4v) is 13.8. The van der Waals surface area contributed by atoms with E-state index in [1.165, 1.54) is 5.57 Å². The van der Waals surface area contributed by atoms with Crippen LogP contribution in [0.4, 0.5) is 0 Å². The van der Waals surface area contributed by atoms with Gasteiger partial charge in [0.15, 0.2) is 5.78 Å². The molecular formula is C46H64ClNO7. The molecule has 1 heterocycles. The third-order valence-electron chi connectivity index (χ3n) is 16.7. The molecule has 1 aromatic rings. The van der Waals surface area contributed by atoms with E-state index in [2.05, 4.69) is 48.5 Å². The number of amides is 1. The van der Waals surface area contributed by atoms with Crippen LogP contribution >= 0.6 is 11.6 Å². The second kappa shape index (κ2) is 14.0. The summed E-state index contributed by atoms with van der Waals surface area (Å²) in [7, 11) is 0. The molecule has 0 bridgehead atoms. The predicted molar refractivity (Wildman–Crippen MR) is 212 cm³/mol. The average molecular weight is 778 g/mol. The van der Waals surface area contributed by atoms with E-state index in [0.29, 0.717) is 35.9 Å². The molecule has 8 nitrogen and oxygen atoms in total. The van der Waals surface area contributed by atoms with Crippen molar-refractivity contribution >= 4 is 35.2 Å². The summed E-state index contributed by atoms with van der Waals surface area (Å²) in [4.78, 5) is 54.6. The SMILES string of the molecule is CC(C)C1=C2C(CC[C@]3(C)[C@@H]2CC[C@@H]2[C@@]4(C)CC[C@H](OC(=O)CC(C)(C)C(=O)O)C(C)(C)[C@@H]4CC[C@]23C)[C@H]([C@@H]2CN(Cc3ccc(Cl)cc3)C(=O)CO2)C1=O. The van der Waals surface area contributed by atoms with Crippen molar-refractivity contribution in [3.05, 3.63) is 46.0 Å². The number of hydrogen-bond donors (Lipinski definition) is 1. The Morgan fingerprint density at radius 1 is 0.945 bits per heavy atom. The van der Waals surface area contributed by atoms with E-state index < -0.39 is 17.4 Å². The maximum atomic E-state index is 14.7. The topological polar surface area (TPSA) is 110 Å². The Balaban J connectivity index is 1.12. The molecule has 0 spiro atoms. The van der Waals surface area contributed by atoms with E-state index in [0.717, 1.165) is 62.5 Å². The number of morpholine rings is 1. The number of nitrogens with zero attached hydrogens (tertiary/aromatic N) is 1. The van der Waals surface area contributed by atoms with Crippen LogP contribution in [0.25, 0.3) is 0 Å². The highest BCUT2D eigenvalue weighted by Crippen LogP contribution is 2.76. The number of aliphatic carboxylic acids is 1. The molecule has 0 radical (unpaired) electrons. The molecule has 1 N–H and O–H groups in total. The zero-order valence-electron chi connectivity index (χ0n) is 34.6. The van der Waals surface area contributed by atoms with Gasteiger partial charge in [0, 0.05) is 23.5 Å². The molecule has 0 aromatic heterocycles. The first-order valence-electron chi connectivity index (χ1n) is 21.0. The van der Waals surface area contributed by atoms with Gasteiger partial charge in [0.25, 0.3) is 0 Å². The average Bonchev–Trinajstić information content (AvgIpc) is 3.40. The molecular weight excluding hydrogens is 714 g/mol. The summed E-state index contributed by atoms with van der Waals surface area (Å²) in [6.07, 6.45) is 7.41. The number of rotatable bonds is 8. The van der Waals surface area contributed by atoms with Crippen LogP contribution in [0.5, 0.6) is 0 Å². The fraction of sp³-hybridized carbons (Fsp3) is 0.739. The molecule has 302 valence electrons. The number of ether oxygens (including phenoxy) is 2. The standard InChI is InChI=1S/C46H64ClNO7/c1-26(2)37-38-29(39(40(37)51)31-24-48(35(49)25-54-31)23-27-10-12-28(47)13-11-27)16-20-45(8)30(38)14-15-33-44(7)19-18-34(55-36(50)22-42(3,4)41(52)53)43(5,6)32(44)17-21-46(33,45)9/h10-13,26,29-34,39H,14-25H2,1-9H3,(H,52,53)/t29?,30-,31+,32+,33-,34+,39-,44+,45-,46-/m1/s1. The number of Topliss-reactive ketones (excluding diaryl/α,β-unsaturated/α-hetero) is 1. The van der Waals surface area contributed by atoms with Gasteiger partial charge in [0.1, 0.15) is 12.7 Å². The van der Waals surface area contributed by atoms with Gasteiger partial charge in [0.05, 0.1) is 23.9 Å². The van der Waals surface area contributed by atoms with E-state index in [1.54, 1.807) is 13.8 Å². The molecule has 1 aromatic carbocycles. The van der Waals surface area contributed by atoms with Gasteiger partial charge in [0.2, 0.25) is 5.91 Å². The summed E-state index contributed by atoms with van der Waals surface area (Å²) in [5.41, 5.74) is 2.24. The minimum atomic E-state index is -1.17. The van der Waals surface area contributed by atoms with E-state index in [-0.39, 0.29) is 76.3 Å². The molecule has 1 saturated heterocycles. The quantitative estimate of drug-likeness (QED) is 0.262. The smallest absolute Gasteiger partial charge is 0.309 e. The largest absolute Gasteiger partial charge is 0.481 e. The Morgan fingerprint density at radius 3 is 2.27 bits per heavy atom. The first-order valence-corrected chi connectivity index (χ1v) is 21.4. The van der Waals surface area contributed by atoms with Crippen LogP contribution in [0.1, 0.15) is 126 Å². The van der Waals surface area contributed by atoms with Gasteiger partial charge < -0.3 is 19.5 Å².